The Labute approximate surface area is 192 Å². The lowest BCUT2D eigenvalue weighted by atomic mass is 9.88. The zero-order valence-electron chi connectivity index (χ0n) is 19.0. The Morgan fingerprint density at radius 2 is 1.27 bits per heavy atom. The predicted octanol–water partition coefficient (Wildman–Crippen LogP) is 4.08. The first-order valence-electron chi connectivity index (χ1n) is 9.90. The number of benzene rings is 2. The molecule has 0 aliphatic heterocycles. The largest absolute Gasteiger partial charge is 0.498 e. The molecule has 3 rings (SSSR count). The molecule has 8 nitrogen and oxygen atoms in total. The molecule has 174 valence electrons. The molecule has 0 amide bonds. The Kier molecular flexibility index (Phi) is 7.22. The summed E-state index contributed by atoms with van der Waals surface area (Å²) in [5.41, 5.74) is 1.46. The first-order valence-corrected chi connectivity index (χ1v) is 11.4. The van der Waals surface area contributed by atoms with Crippen LogP contribution in [0.4, 0.5) is 0 Å². The maximum absolute atomic E-state index is 14.2. The van der Waals surface area contributed by atoms with Crippen LogP contribution >= 0.6 is 7.60 Å². The number of hydrogen-bond donors (Lipinski definition) is 0. The third-order valence-electron chi connectivity index (χ3n) is 5.51. The molecular weight excluding hydrogens is 447 g/mol. The number of esters is 2. The van der Waals surface area contributed by atoms with Crippen LogP contribution in [-0.2, 0) is 37.4 Å². The molecule has 1 atom stereocenters. The van der Waals surface area contributed by atoms with Gasteiger partial charge in [0.2, 0.25) is 0 Å². The summed E-state index contributed by atoms with van der Waals surface area (Å²) in [6, 6.07) is 17.6. The zero-order valence-corrected chi connectivity index (χ0v) is 19.9. The van der Waals surface area contributed by atoms with Crippen molar-refractivity contribution >= 4 is 30.7 Å². The molecule has 1 aliphatic carbocycles. The summed E-state index contributed by atoms with van der Waals surface area (Å²) in [5, 5.41) is -2.24. The van der Waals surface area contributed by atoms with Gasteiger partial charge in [-0.1, -0.05) is 60.7 Å². The van der Waals surface area contributed by atoms with E-state index in [9.17, 15) is 14.2 Å². The highest BCUT2D eigenvalue weighted by Crippen LogP contribution is 2.71. The van der Waals surface area contributed by atoms with Crippen LogP contribution in [0.2, 0.25) is 0 Å². The fraction of sp³-hybridized carbons (Fsp3) is 0.250. The van der Waals surface area contributed by atoms with Crippen LogP contribution in [0.15, 0.2) is 72.0 Å². The number of ether oxygens (including phenoxy) is 3. The van der Waals surface area contributed by atoms with Crippen LogP contribution in [0.3, 0.4) is 0 Å². The molecule has 0 saturated heterocycles. The second-order valence-electron chi connectivity index (χ2n) is 6.95. The van der Waals surface area contributed by atoms with Gasteiger partial charge < -0.3 is 23.3 Å². The van der Waals surface area contributed by atoms with Crippen LogP contribution in [-0.4, -0.2) is 52.6 Å². The Bertz CT molecular complexity index is 1150. The molecule has 0 spiro atoms. The van der Waals surface area contributed by atoms with Gasteiger partial charge in [0, 0.05) is 25.4 Å². The van der Waals surface area contributed by atoms with Crippen LogP contribution in [0.1, 0.15) is 11.1 Å². The molecule has 0 heterocycles. The van der Waals surface area contributed by atoms with E-state index in [1.807, 2.05) is 6.07 Å². The average Bonchev–Trinajstić information content (AvgIpc) is 3.20. The number of hydrogen-bond acceptors (Lipinski definition) is 8. The smallest absolute Gasteiger partial charge is 0.359 e. The minimum absolute atomic E-state index is 0.0789. The normalized spacial score (nSPS) is 18.3. The van der Waals surface area contributed by atoms with Crippen molar-refractivity contribution in [2.24, 2.45) is 0 Å². The van der Waals surface area contributed by atoms with E-state index in [1.54, 1.807) is 54.6 Å². The molecule has 2 aromatic rings. The number of rotatable bonds is 8. The van der Waals surface area contributed by atoms with Gasteiger partial charge in [-0.3, -0.25) is 4.57 Å². The number of carbonyl (C=O) groups is 2. The average molecular weight is 472 g/mol. The van der Waals surface area contributed by atoms with Gasteiger partial charge in [-0.05, 0) is 11.1 Å². The highest BCUT2D eigenvalue weighted by molar-refractivity contribution is 7.58. The maximum Gasteiger partial charge on any atom is 0.359 e. The summed E-state index contributed by atoms with van der Waals surface area (Å²) < 4.78 is 40.8. The summed E-state index contributed by atoms with van der Waals surface area (Å²) >= 11 is 0. The minimum atomic E-state index is -4.40. The summed E-state index contributed by atoms with van der Waals surface area (Å²) in [6.45, 7) is 0. The van der Waals surface area contributed by atoms with Crippen molar-refractivity contribution in [1.82, 2.24) is 0 Å². The molecule has 2 aromatic carbocycles. The SMILES string of the molecule is COC(=O)C1=C(OC)C(C(=O)OC)(P(=O)(OC)OC)C(c2ccccc2)=C1c1ccccc1. The molecular formula is C24H25O8P. The minimum Gasteiger partial charge on any atom is -0.498 e. The summed E-state index contributed by atoms with van der Waals surface area (Å²) in [6.07, 6.45) is 0. The molecule has 1 aliphatic rings. The fourth-order valence-electron chi connectivity index (χ4n) is 4.18. The lowest BCUT2D eigenvalue weighted by Crippen LogP contribution is -2.43. The summed E-state index contributed by atoms with van der Waals surface area (Å²) in [4.78, 5) is 26.8. The van der Waals surface area contributed by atoms with Crippen molar-refractivity contribution in [3.05, 3.63) is 83.1 Å². The van der Waals surface area contributed by atoms with E-state index in [2.05, 4.69) is 0 Å². The van der Waals surface area contributed by atoms with Gasteiger partial charge in [0.1, 0.15) is 11.3 Å². The van der Waals surface area contributed by atoms with Gasteiger partial charge in [0.15, 0.2) is 0 Å². The fourth-order valence-corrected chi connectivity index (χ4v) is 6.15. The molecule has 9 heteroatoms. The van der Waals surface area contributed by atoms with Crippen molar-refractivity contribution in [1.29, 1.82) is 0 Å². The van der Waals surface area contributed by atoms with Crippen LogP contribution in [0.5, 0.6) is 0 Å². The monoisotopic (exact) mass is 472 g/mol. The molecule has 0 N–H and O–H groups in total. The maximum atomic E-state index is 14.2. The van der Waals surface area contributed by atoms with Gasteiger partial charge >= 0.3 is 19.5 Å². The Morgan fingerprint density at radius 3 is 1.70 bits per heavy atom. The van der Waals surface area contributed by atoms with Gasteiger partial charge in [-0.25, -0.2) is 9.59 Å². The molecule has 1 unspecified atom stereocenters. The van der Waals surface area contributed by atoms with Crippen molar-refractivity contribution < 1.29 is 37.4 Å². The highest BCUT2D eigenvalue weighted by Gasteiger charge is 2.69. The van der Waals surface area contributed by atoms with Crippen LogP contribution < -0.4 is 0 Å². The Balaban J connectivity index is 2.68. The van der Waals surface area contributed by atoms with Gasteiger partial charge in [-0.2, -0.15) is 0 Å². The number of methoxy groups -OCH3 is 3. The summed E-state index contributed by atoms with van der Waals surface area (Å²) in [5.74, 6) is -2.01. The van der Waals surface area contributed by atoms with Crippen molar-refractivity contribution in [3.63, 3.8) is 0 Å². The van der Waals surface area contributed by atoms with Gasteiger partial charge in [-0.15, -0.1) is 0 Å². The van der Waals surface area contributed by atoms with E-state index in [0.29, 0.717) is 16.7 Å². The lowest BCUT2D eigenvalue weighted by Gasteiger charge is -2.36. The van der Waals surface area contributed by atoms with E-state index in [1.165, 1.54) is 14.2 Å². The second kappa shape index (κ2) is 9.75. The van der Waals surface area contributed by atoms with Crippen molar-refractivity contribution in [2.45, 2.75) is 5.16 Å². The molecule has 0 saturated carbocycles. The third kappa shape index (κ3) is 3.60. The van der Waals surface area contributed by atoms with Crippen molar-refractivity contribution in [3.8, 4) is 0 Å². The molecule has 0 radical (unpaired) electrons. The van der Waals surface area contributed by atoms with Gasteiger partial charge in [0.05, 0.1) is 21.3 Å². The van der Waals surface area contributed by atoms with E-state index < -0.39 is 24.7 Å². The predicted molar refractivity (Wildman–Crippen MR) is 122 cm³/mol. The molecule has 0 aromatic heterocycles. The Morgan fingerprint density at radius 1 is 0.758 bits per heavy atom. The van der Waals surface area contributed by atoms with E-state index >= 15 is 0 Å². The number of carbonyl (C=O) groups excluding carboxylic acids is 2. The first kappa shape index (κ1) is 24.5. The van der Waals surface area contributed by atoms with E-state index in [4.69, 9.17) is 23.3 Å². The highest BCUT2D eigenvalue weighted by atomic mass is 31.2. The molecule has 0 fully saturated rings. The lowest BCUT2D eigenvalue weighted by molar-refractivity contribution is -0.142. The topological polar surface area (TPSA) is 97.4 Å². The standard InChI is InChI=1S/C24H25O8P/c1-28-21-19(22(25)29-2)18(16-12-8-6-9-13-16)20(17-14-10-7-11-15-17)24(21,23(26)30-3)33(27,31-4)32-5/h6-15H,1-5H3. The first-order chi connectivity index (χ1) is 15.9. The summed E-state index contributed by atoms with van der Waals surface area (Å²) in [7, 11) is 1.54. The van der Waals surface area contributed by atoms with Crippen LogP contribution in [0.25, 0.3) is 11.1 Å². The third-order valence-corrected chi connectivity index (χ3v) is 7.90. The van der Waals surface area contributed by atoms with Gasteiger partial charge in [0.25, 0.3) is 5.16 Å². The van der Waals surface area contributed by atoms with Crippen LogP contribution in [0, 0.1) is 0 Å². The van der Waals surface area contributed by atoms with E-state index in [0.717, 1.165) is 21.3 Å². The molecule has 0 bridgehead atoms. The second-order valence-corrected chi connectivity index (χ2v) is 9.34. The zero-order chi connectivity index (χ0) is 24.2. The Hall–Kier alpha value is -3.19. The van der Waals surface area contributed by atoms with Crippen molar-refractivity contribution in [2.75, 3.05) is 35.5 Å². The quantitative estimate of drug-likeness (QED) is 0.419. The molecule has 33 heavy (non-hydrogen) atoms. The van der Waals surface area contributed by atoms with E-state index in [-0.39, 0.29) is 16.9 Å².